The summed E-state index contributed by atoms with van der Waals surface area (Å²) in [6.45, 7) is 0.0520. The summed E-state index contributed by atoms with van der Waals surface area (Å²) in [6.07, 6.45) is 0.277. The Morgan fingerprint density at radius 1 is 1.16 bits per heavy atom. The lowest BCUT2D eigenvalue weighted by atomic mass is 10.1. The van der Waals surface area contributed by atoms with Crippen molar-refractivity contribution in [1.29, 1.82) is 0 Å². The molecule has 0 atom stereocenters. The van der Waals surface area contributed by atoms with E-state index in [4.69, 9.17) is 16.3 Å². The molecule has 0 fully saturated rings. The number of hydrogen-bond acceptors (Lipinski definition) is 2. The van der Waals surface area contributed by atoms with E-state index in [0.717, 1.165) is 10.0 Å². The Balaban J connectivity index is 1.91. The van der Waals surface area contributed by atoms with Crippen LogP contribution in [0.4, 0.5) is 0 Å². The molecule has 0 aromatic heterocycles. The van der Waals surface area contributed by atoms with Crippen molar-refractivity contribution in [2.45, 2.75) is 6.42 Å². The third-order valence-corrected chi connectivity index (χ3v) is 3.39. The summed E-state index contributed by atoms with van der Waals surface area (Å²) in [5.74, 6) is 0.686. The molecule has 19 heavy (non-hydrogen) atoms. The number of halogens is 2. The molecule has 0 spiro atoms. The fraction of sp³-hybridized carbons (Fsp3) is 0.133. The molecular formula is C15H12BrClO2. The maximum absolute atomic E-state index is 11.8. The number of hydrogen-bond donors (Lipinski definition) is 0. The van der Waals surface area contributed by atoms with E-state index < -0.39 is 0 Å². The maximum Gasteiger partial charge on any atom is 0.174 e. The van der Waals surface area contributed by atoms with Crippen molar-refractivity contribution in [2.75, 3.05) is 6.61 Å². The van der Waals surface area contributed by atoms with Gasteiger partial charge in [-0.25, -0.2) is 0 Å². The molecule has 4 heteroatoms. The minimum absolute atomic E-state index is 0.00641. The van der Waals surface area contributed by atoms with Crippen LogP contribution in [0.1, 0.15) is 5.56 Å². The molecule has 0 saturated heterocycles. The first-order valence-electron chi connectivity index (χ1n) is 5.78. The van der Waals surface area contributed by atoms with Crippen LogP contribution < -0.4 is 4.74 Å². The van der Waals surface area contributed by atoms with Crippen molar-refractivity contribution in [3.05, 3.63) is 63.6 Å². The number of carbonyl (C=O) groups is 1. The van der Waals surface area contributed by atoms with Crippen LogP contribution >= 0.6 is 27.5 Å². The van der Waals surface area contributed by atoms with Crippen LogP contribution in [0, 0.1) is 0 Å². The molecule has 2 aromatic carbocycles. The highest BCUT2D eigenvalue weighted by Crippen LogP contribution is 2.22. The van der Waals surface area contributed by atoms with Gasteiger partial charge < -0.3 is 4.74 Å². The fourth-order valence-electron chi connectivity index (χ4n) is 1.61. The van der Waals surface area contributed by atoms with E-state index in [-0.39, 0.29) is 18.8 Å². The van der Waals surface area contributed by atoms with Gasteiger partial charge in [0.15, 0.2) is 5.78 Å². The predicted molar refractivity (Wildman–Crippen MR) is 79.8 cm³/mol. The molecule has 0 aliphatic heterocycles. The molecule has 0 unspecified atom stereocenters. The Bertz CT molecular complexity index is 570. The maximum atomic E-state index is 11.8. The summed E-state index contributed by atoms with van der Waals surface area (Å²) in [4.78, 5) is 11.8. The van der Waals surface area contributed by atoms with Crippen molar-refractivity contribution in [3.63, 3.8) is 0 Å². The lowest BCUT2D eigenvalue weighted by Gasteiger charge is -2.06. The number of para-hydroxylation sites is 1. The number of carbonyl (C=O) groups excluding carboxylic acids is 1. The molecule has 0 aliphatic carbocycles. The van der Waals surface area contributed by atoms with Gasteiger partial charge in [0.05, 0.1) is 0 Å². The quantitative estimate of drug-likeness (QED) is 0.812. The van der Waals surface area contributed by atoms with Crippen LogP contribution in [0.5, 0.6) is 5.75 Å². The fourth-order valence-corrected chi connectivity index (χ4v) is 2.35. The zero-order valence-corrected chi connectivity index (χ0v) is 12.4. The van der Waals surface area contributed by atoms with E-state index in [0.29, 0.717) is 10.8 Å². The summed E-state index contributed by atoms with van der Waals surface area (Å²) in [6, 6.07) is 14.8. The molecule has 0 aliphatic rings. The first-order valence-corrected chi connectivity index (χ1v) is 6.96. The third-order valence-electron chi connectivity index (χ3n) is 2.55. The molecule has 0 N–H and O–H groups in total. The SMILES string of the molecule is O=C(COc1ccccc1)Cc1ccc(Br)cc1Cl. The number of rotatable bonds is 5. The van der Waals surface area contributed by atoms with Crippen molar-refractivity contribution in [3.8, 4) is 5.75 Å². The summed E-state index contributed by atoms with van der Waals surface area (Å²) in [5.41, 5.74) is 0.812. The van der Waals surface area contributed by atoms with Gasteiger partial charge in [0, 0.05) is 15.9 Å². The summed E-state index contributed by atoms with van der Waals surface area (Å²) in [5, 5.41) is 0.586. The Labute approximate surface area is 125 Å². The van der Waals surface area contributed by atoms with Crippen molar-refractivity contribution in [1.82, 2.24) is 0 Å². The van der Waals surface area contributed by atoms with Gasteiger partial charge in [-0.05, 0) is 29.8 Å². The highest BCUT2D eigenvalue weighted by molar-refractivity contribution is 9.10. The molecule has 0 amide bonds. The number of ketones is 1. The van der Waals surface area contributed by atoms with Gasteiger partial charge in [0.1, 0.15) is 12.4 Å². The monoisotopic (exact) mass is 338 g/mol. The summed E-state index contributed by atoms with van der Waals surface area (Å²) >= 11 is 9.40. The topological polar surface area (TPSA) is 26.3 Å². The third kappa shape index (κ3) is 4.37. The van der Waals surface area contributed by atoms with Gasteiger partial charge in [-0.2, -0.15) is 0 Å². The van der Waals surface area contributed by atoms with E-state index in [1.54, 1.807) is 6.07 Å². The van der Waals surface area contributed by atoms with Gasteiger partial charge in [-0.1, -0.05) is 51.8 Å². The van der Waals surface area contributed by atoms with Crippen LogP contribution in [0.2, 0.25) is 5.02 Å². The van der Waals surface area contributed by atoms with Gasteiger partial charge in [-0.3, -0.25) is 4.79 Å². The standard InChI is InChI=1S/C15H12BrClO2/c16-12-7-6-11(15(17)9-12)8-13(18)10-19-14-4-2-1-3-5-14/h1-7,9H,8,10H2. The zero-order chi connectivity index (χ0) is 13.7. The zero-order valence-electron chi connectivity index (χ0n) is 10.1. The predicted octanol–water partition coefficient (Wildman–Crippen LogP) is 4.29. The molecule has 0 heterocycles. The molecule has 0 radical (unpaired) electrons. The smallest absolute Gasteiger partial charge is 0.174 e. The van der Waals surface area contributed by atoms with Gasteiger partial charge >= 0.3 is 0 Å². The van der Waals surface area contributed by atoms with E-state index in [9.17, 15) is 4.79 Å². The first-order chi connectivity index (χ1) is 9.15. The van der Waals surface area contributed by atoms with E-state index in [1.165, 1.54) is 0 Å². The Hall–Kier alpha value is -1.32. The van der Waals surface area contributed by atoms with Crippen LogP contribution in [0.15, 0.2) is 53.0 Å². The molecule has 2 nitrogen and oxygen atoms in total. The number of ether oxygens (including phenoxy) is 1. The Morgan fingerprint density at radius 2 is 1.89 bits per heavy atom. The summed E-state index contributed by atoms with van der Waals surface area (Å²) < 4.78 is 6.30. The van der Waals surface area contributed by atoms with Gasteiger partial charge in [-0.15, -0.1) is 0 Å². The molecule has 0 saturated carbocycles. The minimum Gasteiger partial charge on any atom is -0.486 e. The average Bonchev–Trinajstić information content (AvgIpc) is 2.41. The minimum atomic E-state index is -0.00641. The van der Waals surface area contributed by atoms with E-state index in [1.807, 2.05) is 42.5 Å². The van der Waals surface area contributed by atoms with Crippen LogP contribution in [-0.2, 0) is 11.2 Å². The van der Waals surface area contributed by atoms with Gasteiger partial charge in [0.25, 0.3) is 0 Å². The highest BCUT2D eigenvalue weighted by Gasteiger charge is 2.08. The largest absolute Gasteiger partial charge is 0.486 e. The van der Waals surface area contributed by atoms with Crippen LogP contribution in [0.25, 0.3) is 0 Å². The number of benzene rings is 2. The van der Waals surface area contributed by atoms with Crippen LogP contribution in [-0.4, -0.2) is 12.4 Å². The van der Waals surface area contributed by atoms with E-state index in [2.05, 4.69) is 15.9 Å². The van der Waals surface area contributed by atoms with Crippen LogP contribution in [0.3, 0.4) is 0 Å². The van der Waals surface area contributed by atoms with Crippen molar-refractivity contribution >= 4 is 33.3 Å². The number of Topliss-reactive ketones (excluding diaryl/α,β-unsaturated/α-hetero) is 1. The molecule has 98 valence electrons. The molecule has 2 rings (SSSR count). The molecule has 2 aromatic rings. The lowest BCUT2D eigenvalue weighted by Crippen LogP contribution is -2.14. The van der Waals surface area contributed by atoms with Crippen molar-refractivity contribution < 1.29 is 9.53 Å². The molecular weight excluding hydrogens is 328 g/mol. The first kappa shape index (κ1) is 14.1. The van der Waals surface area contributed by atoms with Gasteiger partial charge in [0.2, 0.25) is 0 Å². The summed E-state index contributed by atoms with van der Waals surface area (Å²) in [7, 11) is 0. The second-order valence-electron chi connectivity index (χ2n) is 4.05. The van der Waals surface area contributed by atoms with E-state index >= 15 is 0 Å². The second kappa shape index (κ2) is 6.73. The lowest BCUT2D eigenvalue weighted by molar-refractivity contribution is -0.120. The normalized spacial score (nSPS) is 10.2. The molecule has 0 bridgehead atoms. The highest BCUT2D eigenvalue weighted by atomic mass is 79.9. The Kier molecular flexibility index (Phi) is 5.00. The van der Waals surface area contributed by atoms with Crippen molar-refractivity contribution in [2.24, 2.45) is 0 Å². The Morgan fingerprint density at radius 3 is 2.58 bits per heavy atom. The average molecular weight is 340 g/mol. The second-order valence-corrected chi connectivity index (χ2v) is 5.38.